The van der Waals surface area contributed by atoms with E-state index in [0.29, 0.717) is 6.61 Å². The number of rotatable bonds is 2. The van der Waals surface area contributed by atoms with Gasteiger partial charge in [0.25, 0.3) is 0 Å². The van der Waals surface area contributed by atoms with Crippen molar-refractivity contribution < 1.29 is 19.0 Å². The van der Waals surface area contributed by atoms with E-state index >= 15 is 0 Å². The van der Waals surface area contributed by atoms with E-state index in [4.69, 9.17) is 14.2 Å². The van der Waals surface area contributed by atoms with Crippen molar-refractivity contribution in [1.82, 2.24) is 0 Å². The summed E-state index contributed by atoms with van der Waals surface area (Å²) in [6.07, 6.45) is 2.45. The summed E-state index contributed by atoms with van der Waals surface area (Å²) in [7, 11) is 1.35. The number of hydrogen-bond donors (Lipinski definition) is 0. The molecular weight excluding hydrogens is 244 g/mol. The van der Waals surface area contributed by atoms with Gasteiger partial charge in [-0.25, -0.2) is 4.79 Å². The Balaban J connectivity index is 1.96. The SMILES string of the molecule is COC(=O)C1=C[C@H](c2ccccc2)[C@@H]2CCO[C@@H]2O1. The van der Waals surface area contributed by atoms with Crippen molar-refractivity contribution in [3.05, 3.63) is 47.7 Å². The lowest BCUT2D eigenvalue weighted by molar-refractivity contribution is -0.155. The zero-order valence-corrected chi connectivity index (χ0v) is 10.7. The molecule has 100 valence electrons. The van der Waals surface area contributed by atoms with Gasteiger partial charge in [0.2, 0.25) is 12.0 Å². The number of esters is 1. The lowest BCUT2D eigenvalue weighted by Crippen LogP contribution is -2.31. The lowest BCUT2D eigenvalue weighted by Gasteiger charge is -2.31. The summed E-state index contributed by atoms with van der Waals surface area (Å²) in [5, 5.41) is 0. The van der Waals surface area contributed by atoms with E-state index in [1.807, 2.05) is 24.3 Å². The molecule has 4 nitrogen and oxygen atoms in total. The molecule has 3 rings (SSSR count). The second kappa shape index (κ2) is 5.05. The molecule has 0 bridgehead atoms. The van der Waals surface area contributed by atoms with Gasteiger partial charge in [-0.3, -0.25) is 0 Å². The van der Waals surface area contributed by atoms with Gasteiger partial charge in [-0.1, -0.05) is 30.3 Å². The van der Waals surface area contributed by atoms with E-state index in [-0.39, 0.29) is 23.9 Å². The van der Waals surface area contributed by atoms with Crippen LogP contribution >= 0.6 is 0 Å². The first-order valence-corrected chi connectivity index (χ1v) is 6.43. The number of benzene rings is 1. The number of hydrogen-bond acceptors (Lipinski definition) is 4. The summed E-state index contributed by atoms with van der Waals surface area (Å²) >= 11 is 0. The molecule has 0 unspecified atom stereocenters. The fourth-order valence-electron chi connectivity index (χ4n) is 2.74. The predicted octanol–water partition coefficient (Wildman–Crippen LogP) is 2.22. The molecule has 0 radical (unpaired) electrons. The number of fused-ring (bicyclic) bond motifs is 1. The standard InChI is InChI=1S/C15H16O4/c1-17-14(16)13-9-12(10-5-3-2-4-6-10)11-7-8-18-15(11)19-13/h2-6,9,11-12,15H,7-8H2,1H3/t11-,12+,15+/m0/s1. The third-order valence-electron chi connectivity index (χ3n) is 3.69. The molecule has 3 atom stereocenters. The largest absolute Gasteiger partial charge is 0.463 e. The van der Waals surface area contributed by atoms with Crippen LogP contribution in [0.15, 0.2) is 42.2 Å². The van der Waals surface area contributed by atoms with Crippen LogP contribution in [0, 0.1) is 5.92 Å². The normalized spacial score (nSPS) is 29.1. The highest BCUT2D eigenvalue weighted by atomic mass is 16.7. The Bertz CT molecular complexity index is 494. The predicted molar refractivity (Wildman–Crippen MR) is 68.2 cm³/mol. The lowest BCUT2D eigenvalue weighted by atomic mass is 9.83. The Morgan fingerprint density at radius 3 is 2.84 bits per heavy atom. The minimum atomic E-state index is -0.449. The average Bonchev–Trinajstić information content (AvgIpc) is 2.94. The van der Waals surface area contributed by atoms with E-state index in [9.17, 15) is 4.79 Å². The van der Waals surface area contributed by atoms with Crippen LogP contribution in [0.1, 0.15) is 17.9 Å². The number of carbonyl (C=O) groups is 1. The number of allylic oxidation sites excluding steroid dienone is 1. The summed E-state index contributed by atoms with van der Waals surface area (Å²) in [5.74, 6) is 0.196. The molecule has 1 aromatic carbocycles. The van der Waals surface area contributed by atoms with Crippen molar-refractivity contribution >= 4 is 5.97 Å². The Morgan fingerprint density at radius 1 is 1.32 bits per heavy atom. The van der Waals surface area contributed by atoms with Gasteiger partial charge in [0.15, 0.2) is 0 Å². The molecule has 0 aromatic heterocycles. The number of carbonyl (C=O) groups excluding carboxylic acids is 1. The minimum absolute atomic E-state index is 0.136. The minimum Gasteiger partial charge on any atom is -0.463 e. The van der Waals surface area contributed by atoms with Crippen LogP contribution in [0.4, 0.5) is 0 Å². The summed E-state index contributed by atoms with van der Waals surface area (Å²) < 4.78 is 15.9. The van der Waals surface area contributed by atoms with Gasteiger partial charge < -0.3 is 14.2 Å². The summed E-state index contributed by atoms with van der Waals surface area (Å²) in [5.41, 5.74) is 1.17. The van der Waals surface area contributed by atoms with Crippen molar-refractivity contribution in [1.29, 1.82) is 0 Å². The van der Waals surface area contributed by atoms with E-state index < -0.39 is 5.97 Å². The monoisotopic (exact) mass is 260 g/mol. The van der Waals surface area contributed by atoms with Crippen molar-refractivity contribution in [3.8, 4) is 0 Å². The molecule has 1 saturated heterocycles. The summed E-state index contributed by atoms with van der Waals surface area (Å²) in [4.78, 5) is 11.7. The topological polar surface area (TPSA) is 44.8 Å². The van der Waals surface area contributed by atoms with Crippen molar-refractivity contribution in [3.63, 3.8) is 0 Å². The van der Waals surface area contributed by atoms with Crippen LogP contribution in [-0.4, -0.2) is 26.0 Å². The quantitative estimate of drug-likeness (QED) is 0.765. The molecule has 0 saturated carbocycles. The molecular formula is C15H16O4. The molecule has 1 aromatic rings. The average molecular weight is 260 g/mol. The van der Waals surface area contributed by atoms with Crippen LogP contribution in [0.25, 0.3) is 0 Å². The number of methoxy groups -OCH3 is 1. The molecule has 2 heterocycles. The maximum Gasteiger partial charge on any atom is 0.373 e. The third kappa shape index (κ3) is 2.24. The van der Waals surface area contributed by atoms with E-state index in [2.05, 4.69) is 12.1 Å². The van der Waals surface area contributed by atoms with E-state index in [0.717, 1.165) is 6.42 Å². The van der Waals surface area contributed by atoms with Gasteiger partial charge >= 0.3 is 5.97 Å². The first-order valence-electron chi connectivity index (χ1n) is 6.43. The zero-order valence-electron chi connectivity index (χ0n) is 10.7. The number of ether oxygens (including phenoxy) is 3. The Hall–Kier alpha value is -1.81. The maximum atomic E-state index is 11.7. The Kier molecular flexibility index (Phi) is 3.25. The highest BCUT2D eigenvalue weighted by Gasteiger charge is 2.41. The van der Waals surface area contributed by atoms with Crippen LogP contribution < -0.4 is 0 Å². The molecule has 2 aliphatic heterocycles. The van der Waals surface area contributed by atoms with Gasteiger partial charge in [0.1, 0.15) is 0 Å². The fraction of sp³-hybridized carbons (Fsp3) is 0.400. The highest BCUT2D eigenvalue weighted by Crippen LogP contribution is 2.41. The molecule has 0 amide bonds. The van der Waals surface area contributed by atoms with Crippen LogP contribution in [-0.2, 0) is 19.0 Å². The molecule has 19 heavy (non-hydrogen) atoms. The van der Waals surface area contributed by atoms with E-state index in [1.54, 1.807) is 0 Å². The smallest absolute Gasteiger partial charge is 0.373 e. The van der Waals surface area contributed by atoms with Crippen molar-refractivity contribution in [2.75, 3.05) is 13.7 Å². The highest BCUT2D eigenvalue weighted by molar-refractivity contribution is 5.86. The molecule has 2 aliphatic rings. The summed E-state index contributed by atoms with van der Waals surface area (Å²) in [6.45, 7) is 0.668. The van der Waals surface area contributed by atoms with Crippen LogP contribution in [0.3, 0.4) is 0 Å². The van der Waals surface area contributed by atoms with Gasteiger partial charge in [0.05, 0.1) is 13.7 Å². The Morgan fingerprint density at radius 2 is 2.11 bits per heavy atom. The second-order valence-electron chi connectivity index (χ2n) is 4.77. The molecule has 0 N–H and O–H groups in total. The summed E-state index contributed by atoms with van der Waals surface area (Å²) in [6, 6.07) is 10.1. The van der Waals surface area contributed by atoms with Crippen LogP contribution in [0.5, 0.6) is 0 Å². The maximum absolute atomic E-state index is 11.7. The van der Waals surface area contributed by atoms with Gasteiger partial charge in [-0.2, -0.15) is 0 Å². The Labute approximate surface area is 112 Å². The molecule has 0 aliphatic carbocycles. The van der Waals surface area contributed by atoms with Crippen LogP contribution in [0.2, 0.25) is 0 Å². The first-order chi connectivity index (χ1) is 9.29. The molecule has 4 heteroatoms. The first kappa shape index (κ1) is 12.2. The van der Waals surface area contributed by atoms with Gasteiger partial charge in [0, 0.05) is 11.8 Å². The second-order valence-corrected chi connectivity index (χ2v) is 4.77. The fourth-order valence-corrected chi connectivity index (χ4v) is 2.74. The third-order valence-corrected chi connectivity index (χ3v) is 3.69. The molecule has 0 spiro atoms. The van der Waals surface area contributed by atoms with E-state index in [1.165, 1.54) is 12.7 Å². The molecule has 1 fully saturated rings. The van der Waals surface area contributed by atoms with Gasteiger partial charge in [-0.15, -0.1) is 0 Å². The van der Waals surface area contributed by atoms with Crippen molar-refractivity contribution in [2.45, 2.75) is 18.6 Å². The van der Waals surface area contributed by atoms with Crippen molar-refractivity contribution in [2.24, 2.45) is 5.92 Å². The zero-order chi connectivity index (χ0) is 13.2. The van der Waals surface area contributed by atoms with Gasteiger partial charge in [-0.05, 0) is 18.1 Å².